The van der Waals surface area contributed by atoms with Gasteiger partial charge in [0, 0.05) is 31.5 Å². The average molecular weight is 265 g/mol. The molecule has 5 heteroatoms. The van der Waals surface area contributed by atoms with E-state index in [0.29, 0.717) is 18.3 Å². The molecule has 0 aromatic carbocycles. The lowest BCUT2D eigenvalue weighted by Crippen LogP contribution is -2.19. The first-order chi connectivity index (χ1) is 9.02. The number of hydrogen-bond donors (Lipinski definition) is 1. The zero-order valence-corrected chi connectivity index (χ0v) is 12.1. The Labute approximate surface area is 114 Å². The highest BCUT2D eigenvalue weighted by atomic mass is 16.5. The molecule has 1 aromatic heterocycles. The predicted molar refractivity (Wildman–Crippen MR) is 75.3 cm³/mol. The Morgan fingerprint density at radius 2 is 2.16 bits per heavy atom. The van der Waals surface area contributed by atoms with Crippen LogP contribution in [0.15, 0.2) is 12.3 Å². The number of ketones is 1. The van der Waals surface area contributed by atoms with Gasteiger partial charge in [-0.25, -0.2) is 9.97 Å². The highest BCUT2D eigenvalue weighted by Gasteiger charge is 2.09. The molecule has 19 heavy (non-hydrogen) atoms. The van der Waals surface area contributed by atoms with Crippen molar-refractivity contribution in [3.8, 4) is 0 Å². The third kappa shape index (κ3) is 5.79. The number of ether oxygens (including phenoxy) is 1. The molecule has 0 aliphatic heterocycles. The standard InChI is InChI=1S/C14H23N3O2/c1-10(2)13-7-8-15-14(17-13)16-11(3)5-6-12(18)9-19-4/h7-8,10-11H,5-6,9H2,1-4H3,(H,15,16,17)/t11-/m1/s1. The van der Waals surface area contributed by atoms with Crippen LogP contribution < -0.4 is 5.32 Å². The summed E-state index contributed by atoms with van der Waals surface area (Å²) in [6.07, 6.45) is 3.01. The summed E-state index contributed by atoms with van der Waals surface area (Å²) in [6, 6.07) is 2.08. The van der Waals surface area contributed by atoms with Crippen LogP contribution in [0, 0.1) is 0 Å². The molecule has 0 fully saturated rings. The van der Waals surface area contributed by atoms with Crippen LogP contribution >= 0.6 is 0 Å². The fraction of sp³-hybridized carbons (Fsp3) is 0.643. The maximum absolute atomic E-state index is 11.4. The fourth-order valence-electron chi connectivity index (χ4n) is 1.67. The molecule has 1 rings (SSSR count). The van der Waals surface area contributed by atoms with Crippen LogP contribution in [0.3, 0.4) is 0 Å². The smallest absolute Gasteiger partial charge is 0.223 e. The number of hydrogen-bond acceptors (Lipinski definition) is 5. The second-order valence-electron chi connectivity index (χ2n) is 5.02. The van der Waals surface area contributed by atoms with Gasteiger partial charge in [0.05, 0.1) is 0 Å². The van der Waals surface area contributed by atoms with Crippen LogP contribution in [0.2, 0.25) is 0 Å². The highest BCUT2D eigenvalue weighted by Crippen LogP contribution is 2.13. The minimum atomic E-state index is 0.119. The number of rotatable bonds is 8. The maximum atomic E-state index is 11.4. The second kappa shape index (κ2) is 7.84. The monoisotopic (exact) mass is 265 g/mol. The number of anilines is 1. The summed E-state index contributed by atoms with van der Waals surface area (Å²) in [5, 5.41) is 3.22. The first kappa shape index (κ1) is 15.6. The number of nitrogens with one attached hydrogen (secondary N) is 1. The second-order valence-corrected chi connectivity index (χ2v) is 5.02. The van der Waals surface area contributed by atoms with Crippen molar-refractivity contribution in [2.24, 2.45) is 0 Å². The number of carbonyl (C=O) groups is 1. The van der Waals surface area contributed by atoms with Crippen molar-refractivity contribution in [2.75, 3.05) is 19.0 Å². The lowest BCUT2D eigenvalue weighted by atomic mass is 10.1. The summed E-state index contributed by atoms with van der Waals surface area (Å²) in [5.74, 6) is 1.12. The molecule has 0 amide bonds. The molecule has 1 aromatic rings. The SMILES string of the molecule is COCC(=O)CC[C@@H](C)Nc1nccc(C(C)C)n1. The minimum absolute atomic E-state index is 0.119. The van der Waals surface area contributed by atoms with Crippen molar-refractivity contribution in [3.63, 3.8) is 0 Å². The maximum Gasteiger partial charge on any atom is 0.223 e. The molecule has 0 aliphatic carbocycles. The first-order valence-electron chi connectivity index (χ1n) is 6.63. The molecule has 5 nitrogen and oxygen atoms in total. The van der Waals surface area contributed by atoms with Gasteiger partial charge in [-0.3, -0.25) is 4.79 Å². The molecular formula is C14H23N3O2. The van der Waals surface area contributed by atoms with Gasteiger partial charge < -0.3 is 10.1 Å². The highest BCUT2D eigenvalue weighted by molar-refractivity contribution is 5.79. The van der Waals surface area contributed by atoms with E-state index in [1.54, 1.807) is 6.20 Å². The molecule has 0 bridgehead atoms. The topological polar surface area (TPSA) is 64.1 Å². The van der Waals surface area contributed by atoms with Crippen molar-refractivity contribution in [2.45, 2.75) is 45.6 Å². The number of Topliss-reactive ketones (excluding diaryl/α,β-unsaturated/α-hetero) is 1. The Kier molecular flexibility index (Phi) is 6.42. The molecule has 1 heterocycles. The van der Waals surface area contributed by atoms with E-state index in [4.69, 9.17) is 4.74 Å². The van der Waals surface area contributed by atoms with E-state index in [2.05, 4.69) is 29.1 Å². The Morgan fingerprint density at radius 3 is 2.79 bits per heavy atom. The van der Waals surface area contributed by atoms with E-state index >= 15 is 0 Å². The third-order valence-electron chi connectivity index (χ3n) is 2.81. The van der Waals surface area contributed by atoms with Crippen LogP contribution in [0.1, 0.15) is 45.2 Å². The van der Waals surface area contributed by atoms with Gasteiger partial charge in [-0.1, -0.05) is 13.8 Å². The van der Waals surface area contributed by atoms with Crippen molar-refractivity contribution in [1.29, 1.82) is 0 Å². The molecule has 0 spiro atoms. The lowest BCUT2D eigenvalue weighted by molar-refractivity contribution is -0.122. The van der Waals surface area contributed by atoms with Crippen molar-refractivity contribution in [1.82, 2.24) is 9.97 Å². The van der Waals surface area contributed by atoms with E-state index in [9.17, 15) is 4.79 Å². The van der Waals surface area contributed by atoms with E-state index in [-0.39, 0.29) is 18.4 Å². The van der Waals surface area contributed by atoms with Gasteiger partial charge in [0.2, 0.25) is 5.95 Å². The summed E-state index contributed by atoms with van der Waals surface area (Å²) in [7, 11) is 1.53. The van der Waals surface area contributed by atoms with Crippen LogP contribution in [-0.4, -0.2) is 35.5 Å². The number of nitrogens with zero attached hydrogens (tertiary/aromatic N) is 2. The molecule has 0 saturated heterocycles. The molecular weight excluding hydrogens is 242 g/mol. The van der Waals surface area contributed by atoms with Crippen molar-refractivity contribution < 1.29 is 9.53 Å². The van der Waals surface area contributed by atoms with Gasteiger partial charge in [0.1, 0.15) is 6.61 Å². The Hall–Kier alpha value is -1.49. The van der Waals surface area contributed by atoms with Gasteiger partial charge in [-0.2, -0.15) is 0 Å². The van der Waals surface area contributed by atoms with Crippen molar-refractivity contribution >= 4 is 11.7 Å². The van der Waals surface area contributed by atoms with Crippen LogP contribution in [0.25, 0.3) is 0 Å². The van der Waals surface area contributed by atoms with E-state index in [1.807, 2.05) is 13.0 Å². The summed E-state index contributed by atoms with van der Waals surface area (Å²) in [6.45, 7) is 6.40. The van der Waals surface area contributed by atoms with E-state index < -0.39 is 0 Å². The molecule has 0 saturated carbocycles. The van der Waals surface area contributed by atoms with Gasteiger partial charge >= 0.3 is 0 Å². The largest absolute Gasteiger partial charge is 0.377 e. The normalized spacial score (nSPS) is 12.5. The van der Waals surface area contributed by atoms with Crippen LogP contribution in [0.5, 0.6) is 0 Å². The molecule has 106 valence electrons. The summed E-state index contributed by atoms with van der Waals surface area (Å²) >= 11 is 0. The fourth-order valence-corrected chi connectivity index (χ4v) is 1.67. The van der Waals surface area contributed by atoms with Gasteiger partial charge in [0.25, 0.3) is 0 Å². The van der Waals surface area contributed by atoms with Crippen molar-refractivity contribution in [3.05, 3.63) is 18.0 Å². The molecule has 1 atom stereocenters. The lowest BCUT2D eigenvalue weighted by Gasteiger charge is -2.14. The van der Waals surface area contributed by atoms with Crippen LogP contribution in [0.4, 0.5) is 5.95 Å². The van der Waals surface area contributed by atoms with E-state index in [0.717, 1.165) is 12.1 Å². The van der Waals surface area contributed by atoms with Crippen LogP contribution in [-0.2, 0) is 9.53 Å². The summed E-state index contributed by atoms with van der Waals surface area (Å²) in [4.78, 5) is 20.0. The zero-order chi connectivity index (χ0) is 14.3. The number of carbonyl (C=O) groups excluding carboxylic acids is 1. The number of methoxy groups -OCH3 is 1. The Morgan fingerprint density at radius 1 is 1.42 bits per heavy atom. The predicted octanol–water partition coefficient (Wildman–Crippen LogP) is 2.40. The third-order valence-corrected chi connectivity index (χ3v) is 2.81. The average Bonchev–Trinajstić information content (AvgIpc) is 2.37. The molecule has 1 N–H and O–H groups in total. The van der Waals surface area contributed by atoms with E-state index in [1.165, 1.54) is 7.11 Å². The minimum Gasteiger partial charge on any atom is -0.377 e. The first-order valence-corrected chi connectivity index (χ1v) is 6.63. The number of aromatic nitrogens is 2. The van der Waals surface area contributed by atoms with Gasteiger partial charge in [-0.15, -0.1) is 0 Å². The Bertz CT molecular complexity index is 407. The van der Waals surface area contributed by atoms with Gasteiger partial charge in [-0.05, 0) is 25.3 Å². The summed E-state index contributed by atoms with van der Waals surface area (Å²) in [5.41, 5.74) is 1.01. The van der Waals surface area contributed by atoms with Gasteiger partial charge in [0.15, 0.2) is 5.78 Å². The quantitative estimate of drug-likeness (QED) is 0.782. The summed E-state index contributed by atoms with van der Waals surface area (Å²) < 4.78 is 4.80. The Balaban J connectivity index is 2.45. The molecule has 0 unspecified atom stereocenters. The zero-order valence-electron chi connectivity index (χ0n) is 12.1. The molecule has 0 radical (unpaired) electrons. The molecule has 0 aliphatic rings.